The molecule has 1 rings (SSSR count). The second-order valence-corrected chi connectivity index (χ2v) is 5.04. The van der Waals surface area contributed by atoms with Crippen molar-refractivity contribution in [3.8, 4) is 0 Å². The first-order chi connectivity index (χ1) is 5.88. The van der Waals surface area contributed by atoms with Crippen LogP contribution in [0.4, 0.5) is 8.78 Å². The third-order valence-electron chi connectivity index (χ3n) is 1.40. The Bertz CT molecular complexity index is 307. The molecule has 1 aromatic carbocycles. The first-order valence-electron chi connectivity index (χ1n) is 3.39. The van der Waals surface area contributed by atoms with Gasteiger partial charge in [0, 0.05) is 6.42 Å². The fourth-order valence-electron chi connectivity index (χ4n) is 0.895. The van der Waals surface area contributed by atoms with Gasteiger partial charge in [0.15, 0.2) is 3.79 Å². The lowest BCUT2D eigenvalue weighted by Crippen LogP contribution is -2.08. The average molecular weight is 245 g/mol. The monoisotopic (exact) mass is 244 g/mol. The maximum atomic E-state index is 13.0. The van der Waals surface area contributed by atoms with Gasteiger partial charge in [-0.15, -0.1) is 0 Å². The molecule has 0 nitrogen and oxygen atoms in total. The fourth-order valence-corrected chi connectivity index (χ4v) is 1.33. The SMILES string of the molecule is Fc1ccc(F)c(CC(Cl)(Cl)Cl)c1. The summed E-state index contributed by atoms with van der Waals surface area (Å²) in [5.41, 5.74) is 0.0556. The molecule has 0 spiro atoms. The molecular weight excluding hydrogens is 240 g/mol. The van der Waals surface area contributed by atoms with Gasteiger partial charge >= 0.3 is 0 Å². The second kappa shape index (κ2) is 3.99. The number of alkyl halides is 3. The van der Waals surface area contributed by atoms with Crippen molar-refractivity contribution in [2.24, 2.45) is 0 Å². The minimum Gasteiger partial charge on any atom is -0.207 e. The quantitative estimate of drug-likeness (QED) is 0.659. The molecule has 0 saturated heterocycles. The summed E-state index contributed by atoms with van der Waals surface area (Å²) in [5.74, 6) is -1.13. The maximum Gasteiger partial charge on any atom is 0.194 e. The highest BCUT2D eigenvalue weighted by atomic mass is 35.6. The van der Waals surface area contributed by atoms with Gasteiger partial charge in [0.25, 0.3) is 0 Å². The molecule has 0 unspecified atom stereocenters. The number of rotatable bonds is 1. The molecular formula is C8H5Cl3F2. The third kappa shape index (κ3) is 3.67. The Morgan fingerprint density at radius 2 is 1.77 bits per heavy atom. The lowest BCUT2D eigenvalue weighted by molar-refractivity contribution is 0.585. The van der Waals surface area contributed by atoms with Crippen molar-refractivity contribution in [1.82, 2.24) is 0 Å². The zero-order valence-electron chi connectivity index (χ0n) is 6.33. The summed E-state index contributed by atoms with van der Waals surface area (Å²) in [7, 11) is 0. The van der Waals surface area contributed by atoms with E-state index in [0.717, 1.165) is 18.2 Å². The minimum atomic E-state index is -1.60. The maximum absolute atomic E-state index is 13.0. The topological polar surface area (TPSA) is 0 Å². The Morgan fingerprint density at radius 3 is 2.31 bits per heavy atom. The standard InChI is InChI=1S/C8H5Cl3F2/c9-8(10,11)4-5-3-6(12)1-2-7(5)13/h1-3H,4H2. The van der Waals surface area contributed by atoms with Gasteiger partial charge in [-0.3, -0.25) is 0 Å². The summed E-state index contributed by atoms with van der Waals surface area (Å²) < 4.78 is 24.0. The predicted octanol–water partition coefficient (Wildman–Crippen LogP) is 3.88. The lowest BCUT2D eigenvalue weighted by atomic mass is 10.1. The van der Waals surface area contributed by atoms with Gasteiger partial charge in [0.2, 0.25) is 0 Å². The van der Waals surface area contributed by atoms with Crippen molar-refractivity contribution in [2.45, 2.75) is 10.2 Å². The molecule has 0 N–H and O–H groups in total. The summed E-state index contributed by atoms with van der Waals surface area (Å²) >= 11 is 16.3. The van der Waals surface area contributed by atoms with Crippen molar-refractivity contribution in [1.29, 1.82) is 0 Å². The normalized spacial score (nSPS) is 11.8. The van der Waals surface area contributed by atoms with Crippen LogP contribution in [-0.4, -0.2) is 3.79 Å². The van der Waals surface area contributed by atoms with Crippen LogP contribution in [0.25, 0.3) is 0 Å². The summed E-state index contributed by atoms with van der Waals surface area (Å²) in [6.45, 7) is 0. The Labute approximate surface area is 89.4 Å². The van der Waals surface area contributed by atoms with Gasteiger partial charge in [-0.2, -0.15) is 0 Å². The highest BCUT2D eigenvalue weighted by molar-refractivity contribution is 6.67. The molecule has 0 aromatic heterocycles. The Balaban J connectivity index is 2.94. The fraction of sp³-hybridized carbons (Fsp3) is 0.250. The molecule has 0 aliphatic rings. The van der Waals surface area contributed by atoms with Gasteiger partial charge in [-0.1, -0.05) is 34.8 Å². The number of benzene rings is 1. The Hall–Kier alpha value is -0.0500. The first kappa shape index (κ1) is 11.0. The largest absolute Gasteiger partial charge is 0.207 e. The van der Waals surface area contributed by atoms with Crippen LogP contribution in [0, 0.1) is 11.6 Å². The van der Waals surface area contributed by atoms with Crippen LogP contribution in [0.1, 0.15) is 5.56 Å². The van der Waals surface area contributed by atoms with E-state index in [1.54, 1.807) is 0 Å². The van der Waals surface area contributed by atoms with E-state index in [1.165, 1.54) is 0 Å². The minimum absolute atomic E-state index is 0.0556. The molecule has 13 heavy (non-hydrogen) atoms. The molecule has 1 aromatic rings. The second-order valence-electron chi connectivity index (χ2n) is 2.53. The van der Waals surface area contributed by atoms with E-state index in [1.807, 2.05) is 0 Å². The smallest absolute Gasteiger partial charge is 0.194 e. The third-order valence-corrected chi connectivity index (χ3v) is 1.80. The molecule has 0 bridgehead atoms. The molecule has 0 aliphatic heterocycles. The van der Waals surface area contributed by atoms with Crippen LogP contribution >= 0.6 is 34.8 Å². The van der Waals surface area contributed by atoms with E-state index in [-0.39, 0.29) is 12.0 Å². The van der Waals surface area contributed by atoms with E-state index in [4.69, 9.17) is 34.8 Å². The summed E-state index contributed by atoms with van der Waals surface area (Å²) in [5, 5.41) is 0. The number of halogens is 5. The molecule has 72 valence electrons. The molecule has 0 aliphatic carbocycles. The van der Waals surface area contributed by atoms with Gasteiger partial charge < -0.3 is 0 Å². The number of hydrogen-bond acceptors (Lipinski definition) is 0. The molecule has 0 atom stereocenters. The summed E-state index contributed by atoms with van der Waals surface area (Å²) in [4.78, 5) is 0. The van der Waals surface area contributed by atoms with Crippen molar-refractivity contribution in [3.63, 3.8) is 0 Å². The van der Waals surface area contributed by atoms with Crippen LogP contribution in [0.5, 0.6) is 0 Å². The van der Waals surface area contributed by atoms with E-state index >= 15 is 0 Å². The lowest BCUT2D eigenvalue weighted by Gasteiger charge is -2.10. The van der Waals surface area contributed by atoms with Gasteiger partial charge in [0.1, 0.15) is 11.6 Å². The Morgan fingerprint density at radius 1 is 1.15 bits per heavy atom. The average Bonchev–Trinajstić information content (AvgIpc) is 1.94. The van der Waals surface area contributed by atoms with Crippen molar-refractivity contribution in [3.05, 3.63) is 35.4 Å². The van der Waals surface area contributed by atoms with Crippen molar-refractivity contribution < 1.29 is 8.78 Å². The summed E-state index contributed by atoms with van der Waals surface area (Å²) in [6.07, 6.45) is -0.152. The molecule has 5 heteroatoms. The van der Waals surface area contributed by atoms with Crippen LogP contribution in [0.2, 0.25) is 0 Å². The van der Waals surface area contributed by atoms with Crippen LogP contribution in [0.3, 0.4) is 0 Å². The van der Waals surface area contributed by atoms with Crippen LogP contribution < -0.4 is 0 Å². The highest BCUT2D eigenvalue weighted by Gasteiger charge is 2.22. The highest BCUT2D eigenvalue weighted by Crippen LogP contribution is 2.31. The van der Waals surface area contributed by atoms with E-state index in [2.05, 4.69) is 0 Å². The van der Waals surface area contributed by atoms with E-state index in [9.17, 15) is 8.78 Å². The molecule has 0 fully saturated rings. The van der Waals surface area contributed by atoms with Crippen LogP contribution in [0.15, 0.2) is 18.2 Å². The molecule has 0 amide bonds. The van der Waals surface area contributed by atoms with E-state index < -0.39 is 15.4 Å². The molecule has 0 heterocycles. The zero-order chi connectivity index (χ0) is 10.1. The van der Waals surface area contributed by atoms with Gasteiger partial charge in [-0.25, -0.2) is 8.78 Å². The summed E-state index contributed by atoms with van der Waals surface area (Å²) in [6, 6.07) is 3.02. The van der Waals surface area contributed by atoms with Gasteiger partial charge in [-0.05, 0) is 23.8 Å². The predicted molar refractivity (Wildman–Crippen MR) is 50.4 cm³/mol. The molecule has 0 saturated carbocycles. The van der Waals surface area contributed by atoms with Crippen LogP contribution in [-0.2, 0) is 6.42 Å². The first-order valence-corrected chi connectivity index (χ1v) is 4.52. The van der Waals surface area contributed by atoms with Crippen molar-refractivity contribution in [2.75, 3.05) is 0 Å². The Kier molecular flexibility index (Phi) is 3.38. The van der Waals surface area contributed by atoms with Gasteiger partial charge in [0.05, 0.1) is 0 Å². The zero-order valence-corrected chi connectivity index (χ0v) is 8.60. The van der Waals surface area contributed by atoms with E-state index in [0.29, 0.717) is 0 Å². The molecule has 0 radical (unpaired) electrons. The van der Waals surface area contributed by atoms with Crippen molar-refractivity contribution >= 4 is 34.8 Å². The number of hydrogen-bond donors (Lipinski definition) is 0.